The number of hydrogen-bond donors (Lipinski definition) is 7. The van der Waals surface area contributed by atoms with Crippen molar-refractivity contribution in [1.82, 2.24) is 16.0 Å². The third-order valence-corrected chi connectivity index (χ3v) is 4.36. The molecule has 0 radical (unpaired) electrons. The van der Waals surface area contributed by atoms with E-state index in [1.807, 2.05) is 0 Å². The molecule has 0 saturated carbocycles. The van der Waals surface area contributed by atoms with Crippen LogP contribution < -0.4 is 33.2 Å². The first-order valence-electron chi connectivity index (χ1n) is 10.1. The summed E-state index contributed by atoms with van der Waals surface area (Å²) in [4.78, 5) is 71.0. The second kappa shape index (κ2) is 13.2. The van der Waals surface area contributed by atoms with Gasteiger partial charge in [0.15, 0.2) is 0 Å². The van der Waals surface area contributed by atoms with Gasteiger partial charge < -0.3 is 38.3 Å². The Balaban J connectivity index is 5.46. The van der Waals surface area contributed by atoms with Crippen LogP contribution in [0.3, 0.4) is 0 Å². The lowest BCUT2D eigenvalue weighted by Gasteiger charge is -2.27. The normalized spacial score (nSPS) is 14.7. The lowest BCUT2D eigenvalue weighted by Crippen LogP contribution is -2.59. The average molecular weight is 459 g/mol. The largest absolute Gasteiger partial charge is 0.480 e. The molecule has 0 aliphatic carbocycles. The average Bonchev–Trinajstić information content (AvgIpc) is 2.62. The summed E-state index contributed by atoms with van der Waals surface area (Å²) < 4.78 is 0. The molecule has 13 heteroatoms. The van der Waals surface area contributed by atoms with Crippen LogP contribution in [-0.4, -0.2) is 64.8 Å². The minimum absolute atomic E-state index is 0.0680. The van der Waals surface area contributed by atoms with Crippen LogP contribution in [0.25, 0.3) is 0 Å². The van der Waals surface area contributed by atoms with Crippen LogP contribution in [0.4, 0.5) is 0 Å². The fraction of sp³-hybridized carbons (Fsp3) is 0.684. The van der Waals surface area contributed by atoms with Gasteiger partial charge >= 0.3 is 5.97 Å². The lowest BCUT2D eigenvalue weighted by atomic mass is 9.99. The second-order valence-corrected chi connectivity index (χ2v) is 8.27. The molecule has 0 fully saturated rings. The number of carbonyl (C=O) groups excluding carboxylic acids is 5. The summed E-state index contributed by atoms with van der Waals surface area (Å²) in [7, 11) is 0. The minimum atomic E-state index is -1.56. The Morgan fingerprint density at radius 3 is 1.66 bits per heavy atom. The number of rotatable bonds is 14. The van der Waals surface area contributed by atoms with Gasteiger partial charge in [0.1, 0.15) is 18.1 Å². The molecule has 13 nitrogen and oxygen atoms in total. The molecule has 10 N–H and O–H groups in total. The van der Waals surface area contributed by atoms with Gasteiger partial charge in [0.05, 0.1) is 18.9 Å². The molecule has 0 aromatic carbocycles. The first kappa shape index (κ1) is 28.8. The van der Waals surface area contributed by atoms with Crippen molar-refractivity contribution in [2.24, 2.45) is 29.0 Å². The first-order valence-corrected chi connectivity index (χ1v) is 10.1. The molecule has 4 atom stereocenters. The predicted octanol–water partition coefficient (Wildman–Crippen LogP) is -2.69. The van der Waals surface area contributed by atoms with E-state index in [0.717, 1.165) is 0 Å². The van der Waals surface area contributed by atoms with E-state index in [9.17, 15) is 33.9 Å². The summed E-state index contributed by atoms with van der Waals surface area (Å²) in [6, 6.07) is -5.04. The summed E-state index contributed by atoms with van der Waals surface area (Å²) in [5.74, 6) is -5.93. The van der Waals surface area contributed by atoms with Gasteiger partial charge in [-0.15, -0.1) is 0 Å². The van der Waals surface area contributed by atoms with E-state index in [-0.39, 0.29) is 12.3 Å². The molecule has 0 heterocycles. The predicted molar refractivity (Wildman–Crippen MR) is 113 cm³/mol. The minimum Gasteiger partial charge on any atom is -0.480 e. The summed E-state index contributed by atoms with van der Waals surface area (Å²) >= 11 is 0. The number of nitrogens with one attached hydrogen (secondary N) is 3. The summed E-state index contributed by atoms with van der Waals surface area (Å²) in [6.07, 6.45) is -0.876. The zero-order chi connectivity index (χ0) is 25.2. The van der Waals surface area contributed by atoms with Crippen molar-refractivity contribution in [3.8, 4) is 0 Å². The Kier molecular flexibility index (Phi) is 11.9. The maximum atomic E-state index is 12.8. The Labute approximate surface area is 186 Å². The molecule has 0 aliphatic heterocycles. The number of carboxylic acids is 1. The molecule has 0 bridgehead atoms. The van der Waals surface area contributed by atoms with Crippen molar-refractivity contribution >= 4 is 35.5 Å². The highest BCUT2D eigenvalue weighted by atomic mass is 16.4. The van der Waals surface area contributed by atoms with Crippen LogP contribution in [0.1, 0.15) is 47.0 Å². The van der Waals surface area contributed by atoms with E-state index in [2.05, 4.69) is 16.0 Å². The van der Waals surface area contributed by atoms with Crippen LogP contribution in [0.5, 0.6) is 0 Å². The van der Waals surface area contributed by atoms with Gasteiger partial charge in [0.2, 0.25) is 29.5 Å². The second-order valence-electron chi connectivity index (χ2n) is 8.27. The van der Waals surface area contributed by atoms with Gasteiger partial charge in [-0.25, -0.2) is 4.79 Å². The van der Waals surface area contributed by atoms with E-state index in [4.69, 9.17) is 17.2 Å². The Bertz CT molecular complexity index is 725. The van der Waals surface area contributed by atoms with Crippen LogP contribution in [0.2, 0.25) is 0 Å². The molecule has 4 unspecified atom stereocenters. The number of hydrogen-bond acceptors (Lipinski definition) is 7. The van der Waals surface area contributed by atoms with Gasteiger partial charge in [0, 0.05) is 0 Å². The SMILES string of the molecule is CC(C)CC(NC(=O)C(NC(=O)C(N)CC(N)=O)C(C)C)C(=O)NC(CC(N)=O)C(=O)O. The first-order chi connectivity index (χ1) is 14.6. The molecule has 0 aromatic heterocycles. The Hall–Kier alpha value is -3.22. The van der Waals surface area contributed by atoms with E-state index in [1.165, 1.54) is 0 Å². The number of amides is 5. The van der Waals surface area contributed by atoms with Gasteiger partial charge in [-0.05, 0) is 18.3 Å². The molecule has 5 amide bonds. The number of aliphatic carboxylic acids is 1. The number of primary amides is 2. The molecule has 32 heavy (non-hydrogen) atoms. The fourth-order valence-corrected chi connectivity index (χ4v) is 2.74. The molecule has 0 saturated heterocycles. The van der Waals surface area contributed by atoms with Crippen molar-refractivity contribution in [1.29, 1.82) is 0 Å². The van der Waals surface area contributed by atoms with Crippen LogP contribution in [-0.2, 0) is 28.8 Å². The molecule has 0 aliphatic rings. The maximum absolute atomic E-state index is 12.8. The van der Waals surface area contributed by atoms with Crippen molar-refractivity contribution in [3.63, 3.8) is 0 Å². The van der Waals surface area contributed by atoms with Crippen molar-refractivity contribution in [3.05, 3.63) is 0 Å². The molecule has 182 valence electrons. The highest BCUT2D eigenvalue weighted by Crippen LogP contribution is 2.09. The monoisotopic (exact) mass is 458 g/mol. The molecule has 0 aromatic rings. The summed E-state index contributed by atoms with van der Waals surface area (Å²) in [5, 5.41) is 16.3. The van der Waals surface area contributed by atoms with Crippen molar-refractivity contribution < 1.29 is 33.9 Å². The van der Waals surface area contributed by atoms with Gasteiger partial charge in [-0.1, -0.05) is 27.7 Å². The fourth-order valence-electron chi connectivity index (χ4n) is 2.74. The van der Waals surface area contributed by atoms with Crippen LogP contribution in [0, 0.1) is 11.8 Å². The zero-order valence-electron chi connectivity index (χ0n) is 18.7. The standard InChI is InChI=1S/C19H34N6O7/c1-8(2)5-11(17(29)24-12(19(31)32)7-14(22)27)23-18(30)15(9(3)4)25-16(28)10(20)6-13(21)26/h8-12,15H,5-7,20H2,1-4H3,(H2,21,26)(H2,22,27)(H,23,30)(H,24,29)(H,25,28)(H,31,32). The van der Waals surface area contributed by atoms with Crippen molar-refractivity contribution in [2.75, 3.05) is 0 Å². The molecule has 0 rings (SSSR count). The Morgan fingerprint density at radius 2 is 1.25 bits per heavy atom. The van der Waals surface area contributed by atoms with Gasteiger partial charge in [-0.2, -0.15) is 0 Å². The Morgan fingerprint density at radius 1 is 0.750 bits per heavy atom. The van der Waals surface area contributed by atoms with Crippen LogP contribution in [0.15, 0.2) is 0 Å². The summed E-state index contributed by atoms with van der Waals surface area (Å²) in [6.45, 7) is 6.87. The van der Waals surface area contributed by atoms with Gasteiger partial charge in [0.25, 0.3) is 0 Å². The highest BCUT2D eigenvalue weighted by Gasteiger charge is 2.32. The molecule has 0 spiro atoms. The summed E-state index contributed by atoms with van der Waals surface area (Å²) in [5.41, 5.74) is 15.6. The third-order valence-electron chi connectivity index (χ3n) is 4.36. The molecular weight excluding hydrogens is 424 g/mol. The molecular formula is C19H34N6O7. The quantitative estimate of drug-likeness (QED) is 0.144. The maximum Gasteiger partial charge on any atom is 0.326 e. The van der Waals surface area contributed by atoms with Crippen molar-refractivity contribution in [2.45, 2.75) is 71.1 Å². The number of carbonyl (C=O) groups is 6. The smallest absolute Gasteiger partial charge is 0.326 e. The third kappa shape index (κ3) is 10.7. The number of carboxylic acid groups (broad SMARTS) is 1. The zero-order valence-corrected chi connectivity index (χ0v) is 18.7. The lowest BCUT2D eigenvalue weighted by molar-refractivity contribution is -0.144. The van der Waals surface area contributed by atoms with E-state index in [1.54, 1.807) is 27.7 Å². The van der Waals surface area contributed by atoms with E-state index >= 15 is 0 Å². The van der Waals surface area contributed by atoms with E-state index < -0.39 is 78.4 Å². The topological polar surface area (TPSA) is 237 Å². The van der Waals surface area contributed by atoms with Crippen LogP contribution >= 0.6 is 0 Å². The number of nitrogens with two attached hydrogens (primary N) is 3. The van der Waals surface area contributed by atoms with E-state index in [0.29, 0.717) is 0 Å². The van der Waals surface area contributed by atoms with Gasteiger partial charge in [-0.3, -0.25) is 24.0 Å². The highest BCUT2D eigenvalue weighted by molar-refractivity contribution is 5.95.